The second-order valence-electron chi connectivity index (χ2n) is 5.88. The standard InChI is InChI=1S/C15H25ClN4OS/c1-5-17-14(19-10-13(21)20-15(2,3)4)18-9-8-11-6-7-12(16)22-11/h6-7H,5,8-10H2,1-4H3,(H,20,21)(H2,17,18,19). The molecule has 3 N–H and O–H groups in total. The van der Waals surface area contributed by atoms with Crippen LogP contribution in [-0.2, 0) is 11.2 Å². The molecule has 0 aliphatic heterocycles. The number of hydrogen-bond donors (Lipinski definition) is 3. The number of nitrogens with zero attached hydrogens (tertiary/aromatic N) is 1. The van der Waals surface area contributed by atoms with Gasteiger partial charge >= 0.3 is 0 Å². The van der Waals surface area contributed by atoms with Crippen molar-refractivity contribution in [3.63, 3.8) is 0 Å². The first-order chi connectivity index (χ1) is 10.3. The molecule has 0 bridgehead atoms. The molecule has 1 rings (SSSR count). The lowest BCUT2D eigenvalue weighted by atomic mass is 10.1. The minimum atomic E-state index is -0.239. The van der Waals surface area contributed by atoms with E-state index in [4.69, 9.17) is 11.6 Å². The van der Waals surface area contributed by atoms with Crippen LogP contribution in [0.15, 0.2) is 17.1 Å². The predicted molar refractivity (Wildman–Crippen MR) is 94.9 cm³/mol. The Hall–Kier alpha value is -1.27. The average Bonchev–Trinajstić information content (AvgIpc) is 2.80. The van der Waals surface area contributed by atoms with Gasteiger partial charge in [-0.1, -0.05) is 11.6 Å². The molecule has 0 fully saturated rings. The van der Waals surface area contributed by atoms with Crippen LogP contribution in [0.2, 0.25) is 4.34 Å². The van der Waals surface area contributed by atoms with Crippen LogP contribution in [0.1, 0.15) is 32.6 Å². The van der Waals surface area contributed by atoms with Gasteiger partial charge in [-0.25, -0.2) is 4.99 Å². The number of thiophene rings is 1. The first-order valence-electron chi connectivity index (χ1n) is 7.37. The quantitative estimate of drug-likeness (QED) is 0.548. The van der Waals surface area contributed by atoms with E-state index in [-0.39, 0.29) is 18.0 Å². The Bertz CT molecular complexity index is 508. The molecule has 0 saturated heterocycles. The summed E-state index contributed by atoms with van der Waals surface area (Å²) in [6, 6.07) is 3.92. The van der Waals surface area contributed by atoms with E-state index < -0.39 is 0 Å². The summed E-state index contributed by atoms with van der Waals surface area (Å²) < 4.78 is 0.800. The summed E-state index contributed by atoms with van der Waals surface area (Å²) in [5.74, 6) is 0.559. The Kier molecular flexibility index (Phi) is 7.68. The van der Waals surface area contributed by atoms with Crippen molar-refractivity contribution in [2.45, 2.75) is 39.7 Å². The Balaban J connectivity index is 2.43. The van der Waals surface area contributed by atoms with Crippen molar-refractivity contribution in [1.29, 1.82) is 0 Å². The van der Waals surface area contributed by atoms with Gasteiger partial charge in [-0.15, -0.1) is 11.3 Å². The molecule has 1 aromatic rings. The third-order valence-corrected chi connectivity index (χ3v) is 3.82. The van der Waals surface area contributed by atoms with Crippen molar-refractivity contribution >= 4 is 34.8 Å². The minimum absolute atomic E-state index is 0.0882. The van der Waals surface area contributed by atoms with E-state index in [1.54, 1.807) is 11.3 Å². The highest BCUT2D eigenvalue weighted by Gasteiger charge is 2.13. The summed E-state index contributed by atoms with van der Waals surface area (Å²) in [6.45, 7) is 9.43. The van der Waals surface area contributed by atoms with Crippen LogP contribution < -0.4 is 16.0 Å². The second kappa shape index (κ2) is 9.00. The average molecular weight is 345 g/mol. The summed E-state index contributed by atoms with van der Waals surface area (Å²) in [6.07, 6.45) is 0.871. The molecule has 0 saturated carbocycles. The smallest absolute Gasteiger partial charge is 0.242 e. The lowest BCUT2D eigenvalue weighted by Gasteiger charge is -2.20. The van der Waals surface area contributed by atoms with Crippen LogP contribution >= 0.6 is 22.9 Å². The van der Waals surface area contributed by atoms with Crippen LogP contribution in [0, 0.1) is 0 Å². The molecule has 0 aliphatic rings. The molecule has 1 aromatic heterocycles. The summed E-state index contributed by atoms with van der Waals surface area (Å²) in [5, 5.41) is 9.23. The first-order valence-corrected chi connectivity index (χ1v) is 8.57. The van der Waals surface area contributed by atoms with Gasteiger partial charge < -0.3 is 16.0 Å². The van der Waals surface area contributed by atoms with Gasteiger partial charge in [-0.3, -0.25) is 4.79 Å². The van der Waals surface area contributed by atoms with Crippen molar-refractivity contribution in [2.75, 3.05) is 19.6 Å². The Morgan fingerprint density at radius 1 is 1.32 bits per heavy atom. The van der Waals surface area contributed by atoms with Gasteiger partial charge in [0.2, 0.25) is 5.91 Å². The van der Waals surface area contributed by atoms with Crippen LogP contribution in [0.3, 0.4) is 0 Å². The molecule has 124 valence electrons. The SMILES string of the molecule is CCNC(=NCC(=O)NC(C)(C)C)NCCc1ccc(Cl)s1. The molecular formula is C15H25ClN4OS. The van der Waals surface area contributed by atoms with E-state index in [0.29, 0.717) is 5.96 Å². The zero-order valence-electron chi connectivity index (χ0n) is 13.6. The maximum atomic E-state index is 11.8. The highest BCUT2D eigenvalue weighted by Crippen LogP contribution is 2.21. The molecule has 0 unspecified atom stereocenters. The number of carbonyl (C=O) groups excluding carboxylic acids is 1. The number of nitrogens with one attached hydrogen (secondary N) is 3. The van der Waals surface area contributed by atoms with E-state index in [1.165, 1.54) is 4.88 Å². The second-order valence-corrected chi connectivity index (χ2v) is 7.68. The topological polar surface area (TPSA) is 65.5 Å². The van der Waals surface area contributed by atoms with Crippen molar-refractivity contribution < 1.29 is 4.79 Å². The molecule has 22 heavy (non-hydrogen) atoms. The van der Waals surface area contributed by atoms with Crippen LogP contribution in [0.4, 0.5) is 0 Å². The summed E-state index contributed by atoms with van der Waals surface area (Å²) in [7, 11) is 0. The minimum Gasteiger partial charge on any atom is -0.357 e. The maximum Gasteiger partial charge on any atom is 0.242 e. The van der Waals surface area contributed by atoms with E-state index in [1.807, 2.05) is 39.8 Å². The molecule has 0 aliphatic carbocycles. The monoisotopic (exact) mass is 344 g/mol. The van der Waals surface area contributed by atoms with Gasteiger partial charge in [0.25, 0.3) is 0 Å². The van der Waals surface area contributed by atoms with Crippen molar-refractivity contribution in [1.82, 2.24) is 16.0 Å². The Morgan fingerprint density at radius 3 is 2.59 bits per heavy atom. The van der Waals surface area contributed by atoms with E-state index >= 15 is 0 Å². The maximum absolute atomic E-state index is 11.8. The van der Waals surface area contributed by atoms with E-state index in [9.17, 15) is 4.79 Å². The molecule has 0 radical (unpaired) electrons. The fraction of sp³-hybridized carbons (Fsp3) is 0.600. The number of hydrogen-bond acceptors (Lipinski definition) is 3. The largest absolute Gasteiger partial charge is 0.357 e. The zero-order chi connectivity index (χ0) is 16.6. The lowest BCUT2D eigenvalue weighted by molar-refractivity contribution is -0.121. The molecule has 7 heteroatoms. The Morgan fingerprint density at radius 2 is 2.05 bits per heavy atom. The summed E-state index contributed by atoms with van der Waals surface area (Å²) in [5.41, 5.74) is -0.239. The van der Waals surface area contributed by atoms with Crippen molar-refractivity contribution in [3.05, 3.63) is 21.3 Å². The Labute approximate surface area is 141 Å². The summed E-state index contributed by atoms with van der Waals surface area (Å²) >= 11 is 7.48. The molecule has 1 heterocycles. The molecule has 1 amide bonds. The third-order valence-electron chi connectivity index (χ3n) is 2.53. The third kappa shape index (κ3) is 8.24. The molecule has 0 aromatic carbocycles. The van der Waals surface area contributed by atoms with E-state index in [0.717, 1.165) is 23.8 Å². The van der Waals surface area contributed by atoms with Gasteiger partial charge in [0, 0.05) is 23.5 Å². The van der Waals surface area contributed by atoms with Crippen LogP contribution in [-0.4, -0.2) is 37.0 Å². The number of rotatable bonds is 6. The number of carbonyl (C=O) groups is 1. The number of halogens is 1. The molecular weight excluding hydrogens is 320 g/mol. The highest BCUT2D eigenvalue weighted by atomic mass is 35.5. The molecule has 0 atom stereocenters. The van der Waals surface area contributed by atoms with Gasteiger partial charge in [0.05, 0.1) is 4.34 Å². The van der Waals surface area contributed by atoms with Crippen molar-refractivity contribution in [3.8, 4) is 0 Å². The lowest BCUT2D eigenvalue weighted by Crippen LogP contribution is -2.43. The van der Waals surface area contributed by atoms with Gasteiger partial charge in [-0.05, 0) is 46.2 Å². The predicted octanol–water partition coefficient (Wildman–Crippen LogP) is 2.41. The first kappa shape index (κ1) is 18.8. The van der Waals surface area contributed by atoms with Gasteiger partial charge in [0.1, 0.15) is 6.54 Å². The molecule has 5 nitrogen and oxygen atoms in total. The highest BCUT2D eigenvalue weighted by molar-refractivity contribution is 7.16. The van der Waals surface area contributed by atoms with Gasteiger partial charge in [0.15, 0.2) is 5.96 Å². The fourth-order valence-electron chi connectivity index (χ4n) is 1.74. The number of amides is 1. The van der Waals surface area contributed by atoms with Crippen LogP contribution in [0.25, 0.3) is 0 Å². The number of guanidine groups is 1. The van der Waals surface area contributed by atoms with Crippen molar-refractivity contribution in [2.24, 2.45) is 4.99 Å². The molecule has 0 spiro atoms. The number of aliphatic imine (C=N–C) groups is 1. The van der Waals surface area contributed by atoms with E-state index in [2.05, 4.69) is 20.9 Å². The normalized spacial score (nSPS) is 12.1. The van der Waals surface area contributed by atoms with Crippen LogP contribution in [0.5, 0.6) is 0 Å². The fourth-order valence-corrected chi connectivity index (χ4v) is 2.83. The summed E-state index contributed by atoms with van der Waals surface area (Å²) in [4.78, 5) is 17.3. The zero-order valence-corrected chi connectivity index (χ0v) is 15.2. The van der Waals surface area contributed by atoms with Gasteiger partial charge in [-0.2, -0.15) is 0 Å².